The summed E-state index contributed by atoms with van der Waals surface area (Å²) in [5.41, 5.74) is -0.0872. The average Bonchev–Trinajstić information content (AvgIpc) is 2.25. The Kier molecular flexibility index (Phi) is 2.82. The zero-order valence-electron chi connectivity index (χ0n) is 8.29. The SMILES string of the molecule is Cc1nc(-c2cncc(Br)c2)[nH]c(=O)c1F. The first-order valence-electron chi connectivity index (χ1n) is 4.45. The summed E-state index contributed by atoms with van der Waals surface area (Å²) in [5, 5.41) is 0. The minimum Gasteiger partial charge on any atom is -0.304 e. The Balaban J connectivity index is 2.61. The quantitative estimate of drug-likeness (QED) is 0.871. The zero-order chi connectivity index (χ0) is 11.7. The van der Waals surface area contributed by atoms with E-state index in [0.717, 1.165) is 4.47 Å². The smallest absolute Gasteiger partial charge is 0.287 e. The molecule has 0 radical (unpaired) electrons. The Labute approximate surface area is 98.7 Å². The summed E-state index contributed by atoms with van der Waals surface area (Å²) in [6, 6.07) is 1.74. The molecule has 6 heteroatoms. The van der Waals surface area contributed by atoms with Crippen LogP contribution in [0.3, 0.4) is 0 Å². The van der Waals surface area contributed by atoms with E-state index in [1.54, 1.807) is 18.5 Å². The predicted octanol–water partition coefficient (Wildman–Crippen LogP) is 2.04. The van der Waals surface area contributed by atoms with Crippen molar-refractivity contribution in [2.75, 3.05) is 0 Å². The van der Waals surface area contributed by atoms with Crippen LogP contribution in [0, 0.1) is 12.7 Å². The lowest BCUT2D eigenvalue weighted by Gasteiger charge is -2.02. The van der Waals surface area contributed by atoms with Gasteiger partial charge in [-0.2, -0.15) is 4.39 Å². The molecule has 0 aliphatic carbocycles. The van der Waals surface area contributed by atoms with E-state index in [1.807, 2.05) is 0 Å². The van der Waals surface area contributed by atoms with Gasteiger partial charge in [0.25, 0.3) is 5.56 Å². The molecule has 0 unspecified atom stereocenters. The molecule has 2 rings (SSSR count). The van der Waals surface area contributed by atoms with Crippen LogP contribution in [0.5, 0.6) is 0 Å². The molecule has 2 aromatic rings. The Morgan fingerprint density at radius 1 is 1.44 bits per heavy atom. The van der Waals surface area contributed by atoms with Gasteiger partial charge in [0.2, 0.25) is 5.82 Å². The second kappa shape index (κ2) is 4.13. The molecule has 0 saturated carbocycles. The van der Waals surface area contributed by atoms with Gasteiger partial charge in [-0.25, -0.2) is 4.98 Å². The molecule has 2 heterocycles. The first kappa shape index (κ1) is 10.9. The van der Waals surface area contributed by atoms with Crippen LogP contribution in [0.25, 0.3) is 11.4 Å². The van der Waals surface area contributed by atoms with Crippen LogP contribution in [0.2, 0.25) is 0 Å². The van der Waals surface area contributed by atoms with Crippen molar-refractivity contribution in [1.82, 2.24) is 15.0 Å². The highest BCUT2D eigenvalue weighted by molar-refractivity contribution is 9.10. The zero-order valence-corrected chi connectivity index (χ0v) is 9.88. The lowest BCUT2D eigenvalue weighted by atomic mass is 10.2. The number of hydrogen-bond acceptors (Lipinski definition) is 3. The van der Waals surface area contributed by atoms with Crippen LogP contribution in [0.1, 0.15) is 5.69 Å². The number of H-pyrrole nitrogens is 1. The Morgan fingerprint density at radius 3 is 2.81 bits per heavy atom. The molecule has 0 saturated heterocycles. The highest BCUT2D eigenvalue weighted by Crippen LogP contribution is 2.17. The predicted molar refractivity (Wildman–Crippen MR) is 60.5 cm³/mol. The molecule has 16 heavy (non-hydrogen) atoms. The van der Waals surface area contributed by atoms with Gasteiger partial charge in [0.15, 0.2) is 0 Å². The number of aromatic amines is 1. The van der Waals surface area contributed by atoms with Crippen molar-refractivity contribution in [2.45, 2.75) is 6.92 Å². The van der Waals surface area contributed by atoms with Crippen LogP contribution in [0.4, 0.5) is 4.39 Å². The summed E-state index contributed by atoms with van der Waals surface area (Å²) in [6.45, 7) is 1.44. The fraction of sp³-hybridized carbons (Fsp3) is 0.100. The molecule has 0 aromatic carbocycles. The fourth-order valence-electron chi connectivity index (χ4n) is 1.25. The van der Waals surface area contributed by atoms with Crippen molar-refractivity contribution in [1.29, 1.82) is 0 Å². The van der Waals surface area contributed by atoms with Crippen molar-refractivity contribution in [3.63, 3.8) is 0 Å². The molecule has 1 N–H and O–H groups in total. The lowest BCUT2D eigenvalue weighted by molar-refractivity contribution is 0.589. The molecule has 0 spiro atoms. The number of nitrogens with zero attached hydrogens (tertiary/aromatic N) is 2. The molecule has 0 aliphatic rings. The molecular formula is C10H7BrFN3O. The van der Waals surface area contributed by atoms with Crippen molar-refractivity contribution >= 4 is 15.9 Å². The van der Waals surface area contributed by atoms with Crippen LogP contribution < -0.4 is 5.56 Å². The Hall–Kier alpha value is -1.56. The topological polar surface area (TPSA) is 58.6 Å². The summed E-state index contributed by atoms with van der Waals surface area (Å²) in [6.07, 6.45) is 3.15. The van der Waals surface area contributed by atoms with Gasteiger partial charge in [0.05, 0.1) is 5.69 Å². The van der Waals surface area contributed by atoms with Crippen molar-refractivity contribution in [2.24, 2.45) is 0 Å². The number of hydrogen-bond donors (Lipinski definition) is 1. The van der Waals surface area contributed by atoms with E-state index in [-0.39, 0.29) is 5.69 Å². The fourth-order valence-corrected chi connectivity index (χ4v) is 1.61. The number of aryl methyl sites for hydroxylation is 1. The second-order valence-electron chi connectivity index (χ2n) is 3.21. The number of pyridine rings is 1. The summed E-state index contributed by atoms with van der Waals surface area (Å²) in [7, 11) is 0. The van der Waals surface area contributed by atoms with E-state index in [4.69, 9.17) is 0 Å². The van der Waals surface area contributed by atoms with Crippen LogP contribution >= 0.6 is 15.9 Å². The minimum absolute atomic E-state index is 0.0683. The molecule has 0 aliphatic heterocycles. The third-order valence-corrected chi connectivity index (χ3v) is 2.44. The minimum atomic E-state index is -0.855. The van der Waals surface area contributed by atoms with Crippen LogP contribution in [-0.4, -0.2) is 15.0 Å². The van der Waals surface area contributed by atoms with Crippen LogP contribution in [0.15, 0.2) is 27.7 Å². The molecule has 0 fully saturated rings. The summed E-state index contributed by atoms with van der Waals surface area (Å²) in [5.74, 6) is -0.551. The standard InChI is InChI=1S/C10H7BrFN3O/c1-5-8(12)10(16)15-9(14-5)6-2-7(11)4-13-3-6/h2-4H,1H3,(H,14,15,16). The van der Waals surface area contributed by atoms with Gasteiger partial charge in [-0.05, 0) is 28.9 Å². The third kappa shape index (κ3) is 2.01. The summed E-state index contributed by atoms with van der Waals surface area (Å²) in [4.78, 5) is 21.5. The number of aromatic nitrogens is 3. The van der Waals surface area contributed by atoms with Gasteiger partial charge in [-0.15, -0.1) is 0 Å². The number of nitrogens with one attached hydrogen (secondary N) is 1. The number of rotatable bonds is 1. The molecule has 0 atom stereocenters. The maximum atomic E-state index is 13.1. The highest BCUT2D eigenvalue weighted by atomic mass is 79.9. The largest absolute Gasteiger partial charge is 0.304 e. The van der Waals surface area contributed by atoms with Gasteiger partial charge in [-0.1, -0.05) is 0 Å². The first-order valence-corrected chi connectivity index (χ1v) is 5.24. The van der Waals surface area contributed by atoms with Gasteiger partial charge >= 0.3 is 0 Å². The first-order chi connectivity index (χ1) is 7.58. The van der Waals surface area contributed by atoms with E-state index >= 15 is 0 Å². The lowest BCUT2D eigenvalue weighted by Crippen LogP contribution is -2.15. The highest BCUT2D eigenvalue weighted by Gasteiger charge is 2.08. The summed E-state index contributed by atoms with van der Waals surface area (Å²) < 4.78 is 13.8. The van der Waals surface area contributed by atoms with E-state index in [0.29, 0.717) is 11.4 Å². The normalized spacial score (nSPS) is 10.4. The maximum Gasteiger partial charge on any atom is 0.287 e. The average molecular weight is 284 g/mol. The Morgan fingerprint density at radius 2 is 2.19 bits per heavy atom. The van der Waals surface area contributed by atoms with Gasteiger partial charge in [0.1, 0.15) is 5.82 Å². The molecular weight excluding hydrogens is 277 g/mol. The number of halogens is 2. The molecule has 4 nitrogen and oxygen atoms in total. The molecule has 82 valence electrons. The third-order valence-electron chi connectivity index (χ3n) is 2.01. The van der Waals surface area contributed by atoms with Crippen molar-refractivity contribution in [3.8, 4) is 11.4 Å². The molecule has 2 aromatic heterocycles. The van der Waals surface area contributed by atoms with E-state index in [9.17, 15) is 9.18 Å². The second-order valence-corrected chi connectivity index (χ2v) is 4.12. The van der Waals surface area contributed by atoms with E-state index in [2.05, 4.69) is 30.9 Å². The maximum absolute atomic E-state index is 13.1. The monoisotopic (exact) mass is 283 g/mol. The van der Waals surface area contributed by atoms with Gasteiger partial charge in [0, 0.05) is 22.4 Å². The van der Waals surface area contributed by atoms with Gasteiger partial charge < -0.3 is 4.98 Å². The van der Waals surface area contributed by atoms with Crippen molar-refractivity contribution < 1.29 is 4.39 Å². The Bertz CT molecular complexity index is 597. The van der Waals surface area contributed by atoms with Gasteiger partial charge in [-0.3, -0.25) is 9.78 Å². The molecule has 0 amide bonds. The summed E-state index contributed by atoms with van der Waals surface area (Å²) >= 11 is 3.25. The van der Waals surface area contributed by atoms with E-state index < -0.39 is 11.4 Å². The van der Waals surface area contributed by atoms with Crippen molar-refractivity contribution in [3.05, 3.63) is 44.8 Å². The van der Waals surface area contributed by atoms with Crippen LogP contribution in [-0.2, 0) is 0 Å². The molecule has 0 bridgehead atoms. The van der Waals surface area contributed by atoms with E-state index in [1.165, 1.54) is 6.92 Å².